The Morgan fingerprint density at radius 3 is 2.68 bits per heavy atom. The summed E-state index contributed by atoms with van der Waals surface area (Å²) < 4.78 is 40.5. The molecule has 0 aliphatic carbocycles. The summed E-state index contributed by atoms with van der Waals surface area (Å²) in [5, 5.41) is 17.7. The normalized spacial score (nSPS) is 12.6. The minimum absolute atomic E-state index is 0.0407. The Labute approximate surface area is 193 Å². The fourth-order valence-electron chi connectivity index (χ4n) is 3.62. The SMILES string of the molecule is CC(CC#N)n1cc(-c2cnn3c(-c4cccc(CC(=O)CCC(F)(F)F)c4)cnc3c2)cn1. The van der Waals surface area contributed by atoms with Crippen LogP contribution in [-0.2, 0) is 11.2 Å². The van der Waals surface area contributed by atoms with E-state index in [0.29, 0.717) is 23.3 Å². The second-order valence-electron chi connectivity index (χ2n) is 8.11. The zero-order chi connectivity index (χ0) is 24.3. The fourth-order valence-corrected chi connectivity index (χ4v) is 3.62. The molecule has 3 heterocycles. The summed E-state index contributed by atoms with van der Waals surface area (Å²) in [5.74, 6) is -0.458. The highest BCUT2D eigenvalue weighted by Gasteiger charge is 2.27. The summed E-state index contributed by atoms with van der Waals surface area (Å²) >= 11 is 0. The molecular formula is C24H21F3N6O. The summed E-state index contributed by atoms with van der Waals surface area (Å²) in [6.45, 7) is 1.92. The average Bonchev–Trinajstić information content (AvgIpc) is 3.45. The minimum atomic E-state index is -4.34. The van der Waals surface area contributed by atoms with Crippen LogP contribution < -0.4 is 0 Å². The molecule has 0 saturated heterocycles. The van der Waals surface area contributed by atoms with E-state index in [2.05, 4.69) is 21.3 Å². The first kappa shape index (κ1) is 23.2. The number of carbonyl (C=O) groups excluding carboxylic acids is 1. The number of nitriles is 1. The van der Waals surface area contributed by atoms with Crippen molar-refractivity contribution in [2.45, 2.75) is 44.8 Å². The average molecular weight is 466 g/mol. The van der Waals surface area contributed by atoms with Crippen molar-refractivity contribution in [1.29, 1.82) is 5.26 Å². The van der Waals surface area contributed by atoms with E-state index in [1.807, 2.05) is 25.3 Å². The molecule has 4 rings (SSSR count). The number of benzene rings is 1. The number of fused-ring (bicyclic) bond motifs is 1. The van der Waals surface area contributed by atoms with E-state index in [0.717, 1.165) is 16.7 Å². The van der Waals surface area contributed by atoms with Crippen LogP contribution in [0.4, 0.5) is 13.2 Å². The second-order valence-corrected chi connectivity index (χ2v) is 8.11. The molecule has 0 N–H and O–H groups in total. The molecule has 0 aliphatic heterocycles. The number of hydrogen-bond donors (Lipinski definition) is 0. The van der Waals surface area contributed by atoms with Gasteiger partial charge < -0.3 is 0 Å². The molecule has 0 spiro atoms. The fraction of sp³-hybridized carbons (Fsp3) is 0.292. The molecule has 1 atom stereocenters. The number of aromatic nitrogens is 5. The molecule has 174 valence electrons. The highest BCUT2D eigenvalue weighted by Crippen LogP contribution is 2.26. The third-order valence-electron chi connectivity index (χ3n) is 5.45. The van der Waals surface area contributed by atoms with E-state index in [9.17, 15) is 18.0 Å². The minimum Gasteiger partial charge on any atom is -0.299 e. The van der Waals surface area contributed by atoms with Crippen LogP contribution in [0.2, 0.25) is 0 Å². The predicted molar refractivity (Wildman–Crippen MR) is 119 cm³/mol. The zero-order valence-corrected chi connectivity index (χ0v) is 18.3. The van der Waals surface area contributed by atoms with Gasteiger partial charge in [-0.2, -0.15) is 28.6 Å². The summed E-state index contributed by atoms with van der Waals surface area (Å²) in [5.41, 5.74) is 4.37. The lowest BCUT2D eigenvalue weighted by Crippen LogP contribution is -2.12. The molecule has 1 aromatic carbocycles. The smallest absolute Gasteiger partial charge is 0.299 e. The van der Waals surface area contributed by atoms with Gasteiger partial charge in [-0.3, -0.25) is 9.48 Å². The van der Waals surface area contributed by atoms with Crippen LogP contribution in [0.1, 0.15) is 37.8 Å². The Kier molecular flexibility index (Phi) is 6.45. The zero-order valence-electron chi connectivity index (χ0n) is 18.3. The predicted octanol–water partition coefficient (Wildman–Crippen LogP) is 5.19. The highest BCUT2D eigenvalue weighted by atomic mass is 19.4. The van der Waals surface area contributed by atoms with Gasteiger partial charge in [-0.25, -0.2) is 9.50 Å². The number of imidazole rings is 1. The van der Waals surface area contributed by atoms with E-state index in [4.69, 9.17) is 5.26 Å². The van der Waals surface area contributed by atoms with Crippen LogP contribution >= 0.6 is 0 Å². The van der Waals surface area contributed by atoms with E-state index < -0.39 is 24.8 Å². The van der Waals surface area contributed by atoms with E-state index in [1.165, 1.54) is 0 Å². The van der Waals surface area contributed by atoms with Gasteiger partial charge in [-0.05, 0) is 24.6 Å². The van der Waals surface area contributed by atoms with Gasteiger partial charge in [-0.15, -0.1) is 0 Å². The number of halogens is 3. The Hall–Kier alpha value is -4.00. The number of ketones is 1. The Morgan fingerprint density at radius 1 is 1.12 bits per heavy atom. The van der Waals surface area contributed by atoms with Gasteiger partial charge in [0.15, 0.2) is 5.65 Å². The van der Waals surface area contributed by atoms with Crippen molar-refractivity contribution in [2.75, 3.05) is 0 Å². The number of hydrogen-bond acceptors (Lipinski definition) is 5. The first-order valence-corrected chi connectivity index (χ1v) is 10.7. The van der Waals surface area contributed by atoms with Crippen LogP contribution in [0, 0.1) is 11.3 Å². The van der Waals surface area contributed by atoms with Crippen LogP contribution in [0.3, 0.4) is 0 Å². The standard InChI is InChI=1S/C24H21F3N6O/c1-16(6-8-28)32-15-20(13-30-32)19-11-23-29-14-22(33(23)31-12-19)18-4-2-3-17(9-18)10-21(34)5-7-24(25,26)27/h2-4,9,11-16H,5-7,10H2,1H3. The van der Waals surface area contributed by atoms with Crippen molar-refractivity contribution >= 4 is 11.4 Å². The molecule has 34 heavy (non-hydrogen) atoms. The van der Waals surface area contributed by atoms with Crippen LogP contribution in [0.5, 0.6) is 0 Å². The topological polar surface area (TPSA) is 88.9 Å². The van der Waals surface area contributed by atoms with E-state index >= 15 is 0 Å². The molecule has 3 aromatic heterocycles. The van der Waals surface area contributed by atoms with E-state index in [-0.39, 0.29) is 12.5 Å². The Bertz CT molecular complexity index is 1370. The Balaban J connectivity index is 1.54. The lowest BCUT2D eigenvalue weighted by Gasteiger charge is -2.07. The van der Waals surface area contributed by atoms with Gasteiger partial charge in [-0.1, -0.05) is 18.2 Å². The van der Waals surface area contributed by atoms with Crippen molar-refractivity contribution < 1.29 is 18.0 Å². The third-order valence-corrected chi connectivity index (χ3v) is 5.45. The monoisotopic (exact) mass is 466 g/mol. The van der Waals surface area contributed by atoms with Crippen molar-refractivity contribution in [1.82, 2.24) is 24.4 Å². The molecule has 0 amide bonds. The van der Waals surface area contributed by atoms with Crippen LogP contribution in [0.15, 0.2) is 55.1 Å². The molecule has 0 saturated carbocycles. The lowest BCUT2D eigenvalue weighted by atomic mass is 10.0. The van der Waals surface area contributed by atoms with E-state index in [1.54, 1.807) is 46.0 Å². The molecular weight excluding hydrogens is 445 g/mol. The van der Waals surface area contributed by atoms with Crippen LogP contribution in [-0.4, -0.2) is 36.3 Å². The first-order valence-electron chi connectivity index (χ1n) is 10.7. The van der Waals surface area contributed by atoms with Gasteiger partial charge in [0.1, 0.15) is 5.78 Å². The molecule has 0 bridgehead atoms. The maximum Gasteiger partial charge on any atom is 0.389 e. The van der Waals surface area contributed by atoms with Crippen molar-refractivity contribution in [2.24, 2.45) is 0 Å². The highest BCUT2D eigenvalue weighted by molar-refractivity contribution is 5.81. The largest absolute Gasteiger partial charge is 0.389 e. The molecule has 0 radical (unpaired) electrons. The Morgan fingerprint density at radius 2 is 1.91 bits per heavy atom. The number of carbonyl (C=O) groups is 1. The number of Topliss-reactive ketones (excluding diaryl/α,β-unsaturated/α-hetero) is 1. The van der Waals surface area contributed by atoms with Gasteiger partial charge in [0, 0.05) is 35.7 Å². The molecule has 0 fully saturated rings. The van der Waals surface area contributed by atoms with Gasteiger partial charge in [0.2, 0.25) is 0 Å². The molecule has 4 aromatic rings. The van der Waals surface area contributed by atoms with Gasteiger partial charge in [0.05, 0.1) is 49.2 Å². The summed E-state index contributed by atoms with van der Waals surface area (Å²) in [7, 11) is 0. The first-order chi connectivity index (χ1) is 16.2. The maximum atomic E-state index is 12.4. The number of nitrogens with zero attached hydrogens (tertiary/aromatic N) is 6. The molecule has 10 heteroatoms. The third kappa shape index (κ3) is 5.31. The van der Waals surface area contributed by atoms with Crippen molar-refractivity contribution in [3.8, 4) is 28.5 Å². The van der Waals surface area contributed by atoms with Gasteiger partial charge >= 0.3 is 6.18 Å². The molecule has 0 aliphatic rings. The summed E-state index contributed by atoms with van der Waals surface area (Å²) in [4.78, 5) is 16.4. The molecule has 1 unspecified atom stereocenters. The maximum absolute atomic E-state index is 12.4. The number of alkyl halides is 3. The molecule has 7 nitrogen and oxygen atoms in total. The number of rotatable bonds is 8. The second kappa shape index (κ2) is 9.47. The van der Waals surface area contributed by atoms with Crippen LogP contribution in [0.25, 0.3) is 28.0 Å². The quantitative estimate of drug-likeness (QED) is 0.357. The summed E-state index contributed by atoms with van der Waals surface area (Å²) in [6, 6.07) is 11.0. The summed E-state index contributed by atoms with van der Waals surface area (Å²) in [6.07, 6.45) is 1.24. The van der Waals surface area contributed by atoms with Crippen molar-refractivity contribution in [3.05, 3.63) is 60.7 Å². The van der Waals surface area contributed by atoms with Gasteiger partial charge in [0.25, 0.3) is 0 Å². The van der Waals surface area contributed by atoms with Crippen molar-refractivity contribution in [3.63, 3.8) is 0 Å². The lowest BCUT2D eigenvalue weighted by molar-refractivity contribution is -0.143.